The lowest BCUT2D eigenvalue weighted by molar-refractivity contribution is -0.141. The van der Waals surface area contributed by atoms with Gasteiger partial charge in [0, 0.05) is 17.7 Å². The van der Waals surface area contributed by atoms with Crippen molar-refractivity contribution in [1.29, 1.82) is 0 Å². The smallest absolute Gasteiger partial charge is 0.345 e. The first-order chi connectivity index (χ1) is 10.2. The molecule has 1 unspecified atom stereocenters. The number of rotatable bonds is 3. The van der Waals surface area contributed by atoms with Gasteiger partial charge in [0.1, 0.15) is 0 Å². The van der Waals surface area contributed by atoms with E-state index in [2.05, 4.69) is 26.3 Å². The number of nitrogens with zero attached hydrogens (tertiary/aromatic N) is 2. The minimum absolute atomic E-state index is 0.439. The summed E-state index contributed by atoms with van der Waals surface area (Å²) in [7, 11) is 1.34. The number of aryl methyl sites for hydroxylation is 1. The molecule has 0 aliphatic carbocycles. The second kappa shape index (κ2) is 6.12. The molecule has 1 atom stereocenters. The summed E-state index contributed by atoms with van der Waals surface area (Å²) in [5.74, 6) is -0.812. The van der Waals surface area contributed by atoms with Gasteiger partial charge in [-0.25, -0.2) is 0 Å². The number of carbonyl (C=O) groups excluding carboxylic acids is 1. The molecule has 1 N–H and O–H groups in total. The standard InChI is InChI=1S/C14H13BrF3N3O/c1-8(9-4-3-5-10(15)6-9)19-13(22)11-7-21(2)20-12(11)14(16,17)18/h3-8H,1-2H3,(H,19,22). The molecule has 2 aromatic rings. The molecule has 4 nitrogen and oxygen atoms in total. The normalized spacial score (nSPS) is 13.0. The molecule has 0 aliphatic heterocycles. The van der Waals surface area contributed by atoms with Crippen LogP contribution >= 0.6 is 15.9 Å². The summed E-state index contributed by atoms with van der Waals surface area (Å²) in [5, 5.41) is 5.87. The van der Waals surface area contributed by atoms with E-state index < -0.39 is 29.4 Å². The van der Waals surface area contributed by atoms with Gasteiger partial charge in [0.05, 0.1) is 11.6 Å². The molecule has 22 heavy (non-hydrogen) atoms. The Kier molecular flexibility index (Phi) is 4.60. The molecule has 8 heteroatoms. The summed E-state index contributed by atoms with van der Waals surface area (Å²) in [6, 6.07) is 6.74. The minimum Gasteiger partial charge on any atom is -0.345 e. The van der Waals surface area contributed by atoms with Gasteiger partial charge in [-0.1, -0.05) is 28.1 Å². The molecule has 0 radical (unpaired) electrons. The highest BCUT2D eigenvalue weighted by Crippen LogP contribution is 2.30. The SMILES string of the molecule is CC(NC(=O)c1cn(C)nc1C(F)(F)F)c1cccc(Br)c1. The number of nitrogens with one attached hydrogen (secondary N) is 1. The molecule has 0 bridgehead atoms. The highest BCUT2D eigenvalue weighted by Gasteiger charge is 2.39. The average Bonchev–Trinajstić information content (AvgIpc) is 2.81. The second-order valence-electron chi connectivity index (χ2n) is 4.81. The zero-order valence-corrected chi connectivity index (χ0v) is 13.4. The van der Waals surface area contributed by atoms with Crippen molar-refractivity contribution in [1.82, 2.24) is 15.1 Å². The van der Waals surface area contributed by atoms with Crippen LogP contribution in [0.1, 0.15) is 34.6 Å². The van der Waals surface area contributed by atoms with Crippen molar-refractivity contribution < 1.29 is 18.0 Å². The molecular weight excluding hydrogens is 363 g/mol. The van der Waals surface area contributed by atoms with Crippen LogP contribution in [0.4, 0.5) is 13.2 Å². The largest absolute Gasteiger partial charge is 0.435 e. The molecule has 118 valence electrons. The maximum absolute atomic E-state index is 12.9. The van der Waals surface area contributed by atoms with Crippen LogP contribution < -0.4 is 5.32 Å². The zero-order valence-electron chi connectivity index (χ0n) is 11.8. The van der Waals surface area contributed by atoms with Crippen LogP contribution in [-0.2, 0) is 13.2 Å². The summed E-state index contributed by atoms with van der Waals surface area (Å²) in [6.45, 7) is 1.70. The first kappa shape index (κ1) is 16.5. The number of hydrogen-bond acceptors (Lipinski definition) is 2. The molecule has 2 rings (SSSR count). The van der Waals surface area contributed by atoms with E-state index in [1.807, 2.05) is 6.07 Å². The van der Waals surface area contributed by atoms with Gasteiger partial charge in [0.15, 0.2) is 5.69 Å². The first-order valence-corrected chi connectivity index (χ1v) is 7.15. The molecule has 0 fully saturated rings. The third kappa shape index (κ3) is 3.68. The fraction of sp³-hybridized carbons (Fsp3) is 0.286. The Labute approximate surface area is 133 Å². The second-order valence-corrected chi connectivity index (χ2v) is 5.73. The summed E-state index contributed by atoms with van der Waals surface area (Å²) >= 11 is 3.31. The monoisotopic (exact) mass is 375 g/mol. The fourth-order valence-corrected chi connectivity index (χ4v) is 2.41. The highest BCUT2D eigenvalue weighted by atomic mass is 79.9. The van der Waals surface area contributed by atoms with Gasteiger partial charge in [0.2, 0.25) is 0 Å². The Balaban J connectivity index is 2.23. The van der Waals surface area contributed by atoms with Crippen LogP contribution in [0.5, 0.6) is 0 Å². The lowest BCUT2D eigenvalue weighted by atomic mass is 10.1. The van der Waals surface area contributed by atoms with Crippen molar-refractivity contribution in [2.24, 2.45) is 7.05 Å². The van der Waals surface area contributed by atoms with E-state index in [0.29, 0.717) is 0 Å². The summed E-state index contributed by atoms with van der Waals surface area (Å²) in [6.07, 6.45) is -3.61. The van der Waals surface area contributed by atoms with Gasteiger partial charge in [0.25, 0.3) is 5.91 Å². The predicted molar refractivity (Wildman–Crippen MR) is 78.2 cm³/mol. The number of amides is 1. The predicted octanol–water partition coefficient (Wildman–Crippen LogP) is 3.69. The number of aromatic nitrogens is 2. The maximum Gasteiger partial charge on any atom is 0.435 e. The molecule has 1 amide bonds. The van der Waals surface area contributed by atoms with Crippen LogP contribution in [0.3, 0.4) is 0 Å². The lowest BCUT2D eigenvalue weighted by Gasteiger charge is -2.15. The Morgan fingerprint density at radius 1 is 1.41 bits per heavy atom. The summed E-state index contributed by atoms with van der Waals surface area (Å²) in [5.41, 5.74) is -0.897. The van der Waals surface area contributed by atoms with Crippen molar-refractivity contribution in [3.05, 3.63) is 51.8 Å². The van der Waals surface area contributed by atoms with Crippen molar-refractivity contribution >= 4 is 21.8 Å². The quantitative estimate of drug-likeness (QED) is 0.888. The lowest BCUT2D eigenvalue weighted by Crippen LogP contribution is -2.28. The van der Waals surface area contributed by atoms with Gasteiger partial charge in [-0.3, -0.25) is 9.48 Å². The van der Waals surface area contributed by atoms with Gasteiger partial charge in [-0.15, -0.1) is 0 Å². The third-order valence-corrected chi connectivity index (χ3v) is 3.53. The fourth-order valence-electron chi connectivity index (χ4n) is 2.00. The Hall–Kier alpha value is -1.83. The van der Waals surface area contributed by atoms with Crippen LogP contribution in [-0.4, -0.2) is 15.7 Å². The first-order valence-electron chi connectivity index (χ1n) is 6.35. The Morgan fingerprint density at radius 2 is 2.09 bits per heavy atom. The van der Waals surface area contributed by atoms with Crippen molar-refractivity contribution in [2.75, 3.05) is 0 Å². The number of carbonyl (C=O) groups is 1. The Bertz CT molecular complexity index is 697. The van der Waals surface area contributed by atoms with Crippen molar-refractivity contribution in [3.8, 4) is 0 Å². The number of benzene rings is 1. The average molecular weight is 376 g/mol. The van der Waals surface area contributed by atoms with Crippen LogP contribution in [0, 0.1) is 0 Å². The molecule has 1 aromatic carbocycles. The topological polar surface area (TPSA) is 46.9 Å². The van der Waals surface area contributed by atoms with E-state index in [0.717, 1.165) is 20.9 Å². The van der Waals surface area contributed by atoms with Gasteiger partial charge < -0.3 is 5.32 Å². The molecule has 0 saturated carbocycles. The van der Waals surface area contributed by atoms with E-state index in [4.69, 9.17) is 0 Å². The number of alkyl halides is 3. The summed E-state index contributed by atoms with van der Waals surface area (Å²) in [4.78, 5) is 12.1. The zero-order chi connectivity index (χ0) is 16.5. The van der Waals surface area contributed by atoms with Crippen LogP contribution in [0.25, 0.3) is 0 Å². The molecule has 1 heterocycles. The molecular formula is C14H13BrF3N3O. The number of hydrogen-bond donors (Lipinski definition) is 1. The van der Waals surface area contributed by atoms with E-state index in [1.165, 1.54) is 7.05 Å². The summed E-state index contributed by atoms with van der Waals surface area (Å²) < 4.78 is 40.4. The highest BCUT2D eigenvalue weighted by molar-refractivity contribution is 9.10. The molecule has 0 saturated heterocycles. The Morgan fingerprint density at radius 3 is 2.68 bits per heavy atom. The molecule has 1 aromatic heterocycles. The van der Waals surface area contributed by atoms with Gasteiger partial charge >= 0.3 is 6.18 Å². The van der Waals surface area contributed by atoms with Crippen LogP contribution in [0.15, 0.2) is 34.9 Å². The van der Waals surface area contributed by atoms with Gasteiger partial charge in [-0.2, -0.15) is 18.3 Å². The van der Waals surface area contributed by atoms with E-state index in [-0.39, 0.29) is 0 Å². The van der Waals surface area contributed by atoms with E-state index >= 15 is 0 Å². The van der Waals surface area contributed by atoms with E-state index in [9.17, 15) is 18.0 Å². The number of halogens is 4. The minimum atomic E-state index is -4.67. The van der Waals surface area contributed by atoms with Crippen LogP contribution in [0.2, 0.25) is 0 Å². The van der Waals surface area contributed by atoms with Gasteiger partial charge in [-0.05, 0) is 24.6 Å². The van der Waals surface area contributed by atoms with Crippen molar-refractivity contribution in [3.63, 3.8) is 0 Å². The maximum atomic E-state index is 12.9. The van der Waals surface area contributed by atoms with E-state index in [1.54, 1.807) is 25.1 Å². The third-order valence-electron chi connectivity index (χ3n) is 3.04. The molecule has 0 spiro atoms. The van der Waals surface area contributed by atoms with Crippen molar-refractivity contribution in [2.45, 2.75) is 19.1 Å². The molecule has 0 aliphatic rings.